The third kappa shape index (κ3) is 2.59. The molecule has 0 saturated carbocycles. The molecule has 4 rings (SSSR count). The highest BCUT2D eigenvalue weighted by molar-refractivity contribution is 6.30. The first kappa shape index (κ1) is 17.5. The van der Waals surface area contributed by atoms with Crippen LogP contribution in [-0.2, 0) is 20.6 Å². The third-order valence-corrected chi connectivity index (χ3v) is 5.23. The van der Waals surface area contributed by atoms with Crippen LogP contribution in [0.3, 0.4) is 0 Å². The van der Waals surface area contributed by atoms with E-state index < -0.39 is 5.69 Å². The Bertz CT molecular complexity index is 1220. The monoisotopic (exact) mass is 386 g/mol. The van der Waals surface area contributed by atoms with Gasteiger partial charge in [0.15, 0.2) is 11.2 Å². The molecule has 1 aliphatic heterocycles. The van der Waals surface area contributed by atoms with E-state index in [2.05, 4.69) is 10.1 Å². The summed E-state index contributed by atoms with van der Waals surface area (Å²) < 4.78 is 4.35. The molecule has 1 aromatic carbocycles. The van der Waals surface area contributed by atoms with Crippen molar-refractivity contribution in [1.29, 1.82) is 0 Å². The molecular weight excluding hydrogens is 368 g/mol. The highest BCUT2D eigenvalue weighted by atomic mass is 35.5. The number of hydrogen-bond acceptors (Lipinski definition) is 5. The number of hydrazone groups is 1. The highest BCUT2D eigenvalue weighted by Crippen LogP contribution is 2.30. The molecule has 0 amide bonds. The SMILES string of the molecule is CC1=NN(Cc2cccc(Cl)c2)c2nc3c(c(=O)n(C)c(=O)n3C)n2C1C. The molecule has 3 aromatic rings. The van der Waals surface area contributed by atoms with E-state index in [-0.39, 0.29) is 11.6 Å². The minimum atomic E-state index is -0.408. The average Bonchev–Trinajstić information content (AvgIpc) is 3.04. The van der Waals surface area contributed by atoms with Crippen LogP contribution in [-0.4, -0.2) is 24.4 Å². The molecule has 140 valence electrons. The number of benzene rings is 1. The number of hydrogen-bond donors (Lipinski definition) is 0. The predicted molar refractivity (Wildman–Crippen MR) is 106 cm³/mol. The van der Waals surface area contributed by atoms with Gasteiger partial charge in [0.1, 0.15) is 0 Å². The highest BCUT2D eigenvalue weighted by Gasteiger charge is 2.30. The molecular formula is C18H19ClN6O2. The summed E-state index contributed by atoms with van der Waals surface area (Å²) in [5.74, 6) is 0.529. The van der Waals surface area contributed by atoms with Crippen molar-refractivity contribution in [3.63, 3.8) is 0 Å². The number of fused-ring (bicyclic) bond motifs is 3. The molecule has 8 nitrogen and oxygen atoms in total. The van der Waals surface area contributed by atoms with Gasteiger partial charge >= 0.3 is 5.69 Å². The molecule has 0 aliphatic carbocycles. The summed E-state index contributed by atoms with van der Waals surface area (Å²) in [7, 11) is 3.09. The van der Waals surface area contributed by atoms with E-state index in [1.165, 1.54) is 11.6 Å². The van der Waals surface area contributed by atoms with Gasteiger partial charge in [-0.1, -0.05) is 23.7 Å². The summed E-state index contributed by atoms with van der Waals surface area (Å²) in [4.78, 5) is 29.7. The van der Waals surface area contributed by atoms with Gasteiger partial charge in [0, 0.05) is 19.1 Å². The van der Waals surface area contributed by atoms with Crippen molar-refractivity contribution in [1.82, 2.24) is 18.7 Å². The molecule has 9 heteroatoms. The number of imidazole rings is 1. The summed E-state index contributed by atoms with van der Waals surface area (Å²) in [6, 6.07) is 7.37. The van der Waals surface area contributed by atoms with E-state index in [1.54, 1.807) is 12.1 Å². The lowest BCUT2D eigenvalue weighted by atomic mass is 10.2. The normalized spacial score (nSPS) is 16.6. The number of aryl methyl sites for hydroxylation is 1. The molecule has 1 unspecified atom stereocenters. The number of rotatable bonds is 2. The molecule has 0 N–H and O–H groups in total. The van der Waals surface area contributed by atoms with E-state index in [0.29, 0.717) is 28.7 Å². The molecule has 1 aliphatic rings. The first-order chi connectivity index (χ1) is 12.8. The van der Waals surface area contributed by atoms with Crippen LogP contribution in [0.25, 0.3) is 11.2 Å². The Morgan fingerprint density at radius 2 is 1.93 bits per heavy atom. The lowest BCUT2D eigenvalue weighted by molar-refractivity contribution is 0.634. The van der Waals surface area contributed by atoms with Crippen LogP contribution < -0.4 is 16.3 Å². The zero-order chi connectivity index (χ0) is 19.5. The Morgan fingerprint density at radius 1 is 1.19 bits per heavy atom. The molecule has 0 fully saturated rings. The Balaban J connectivity index is 1.97. The summed E-state index contributed by atoms with van der Waals surface area (Å²) in [6.07, 6.45) is 0. The minimum absolute atomic E-state index is 0.147. The van der Waals surface area contributed by atoms with Crippen molar-refractivity contribution in [2.75, 3.05) is 5.01 Å². The summed E-state index contributed by atoms with van der Waals surface area (Å²) in [6.45, 7) is 4.32. The average molecular weight is 387 g/mol. The van der Waals surface area contributed by atoms with Gasteiger partial charge in [-0.05, 0) is 31.5 Å². The summed E-state index contributed by atoms with van der Waals surface area (Å²) >= 11 is 6.10. The fraction of sp³-hybridized carbons (Fsp3) is 0.333. The van der Waals surface area contributed by atoms with E-state index in [9.17, 15) is 9.59 Å². The lowest BCUT2D eigenvalue weighted by Crippen LogP contribution is -2.38. The molecule has 3 heterocycles. The first-order valence-electron chi connectivity index (χ1n) is 8.54. The van der Waals surface area contributed by atoms with Gasteiger partial charge in [-0.2, -0.15) is 10.1 Å². The van der Waals surface area contributed by atoms with Crippen molar-refractivity contribution >= 4 is 34.4 Å². The number of halogens is 1. The molecule has 0 saturated heterocycles. The smallest absolute Gasteiger partial charge is 0.294 e. The van der Waals surface area contributed by atoms with E-state index in [0.717, 1.165) is 15.8 Å². The summed E-state index contributed by atoms with van der Waals surface area (Å²) in [5, 5.41) is 7.04. The fourth-order valence-electron chi connectivity index (χ4n) is 3.37. The Morgan fingerprint density at radius 3 is 2.63 bits per heavy atom. The van der Waals surface area contributed by atoms with Gasteiger partial charge in [-0.25, -0.2) is 9.80 Å². The second-order valence-electron chi connectivity index (χ2n) is 6.76. The maximum Gasteiger partial charge on any atom is 0.332 e. The van der Waals surface area contributed by atoms with Crippen LogP contribution in [0.4, 0.5) is 5.95 Å². The van der Waals surface area contributed by atoms with Crippen molar-refractivity contribution in [2.24, 2.45) is 19.2 Å². The van der Waals surface area contributed by atoms with Crippen molar-refractivity contribution in [3.8, 4) is 0 Å². The number of anilines is 1. The number of nitrogens with zero attached hydrogens (tertiary/aromatic N) is 6. The Kier molecular flexibility index (Phi) is 3.96. The van der Waals surface area contributed by atoms with Gasteiger partial charge in [0.05, 0.1) is 18.3 Å². The first-order valence-corrected chi connectivity index (χ1v) is 8.92. The van der Waals surface area contributed by atoms with Gasteiger partial charge in [-0.3, -0.25) is 18.5 Å². The zero-order valence-electron chi connectivity index (χ0n) is 15.5. The molecule has 0 spiro atoms. The lowest BCUT2D eigenvalue weighted by Gasteiger charge is -2.29. The van der Waals surface area contributed by atoms with Crippen molar-refractivity contribution < 1.29 is 0 Å². The van der Waals surface area contributed by atoms with Crippen LogP contribution >= 0.6 is 11.6 Å². The Labute approximate surface area is 159 Å². The van der Waals surface area contributed by atoms with Crippen LogP contribution in [0.5, 0.6) is 0 Å². The van der Waals surface area contributed by atoms with Gasteiger partial charge in [-0.15, -0.1) is 0 Å². The predicted octanol–water partition coefficient (Wildman–Crippen LogP) is 2.04. The topological polar surface area (TPSA) is 77.4 Å². The molecule has 1 atom stereocenters. The Hall–Kier alpha value is -2.87. The van der Waals surface area contributed by atoms with Gasteiger partial charge in [0.2, 0.25) is 5.95 Å². The van der Waals surface area contributed by atoms with Gasteiger partial charge < -0.3 is 0 Å². The zero-order valence-corrected chi connectivity index (χ0v) is 16.2. The maximum absolute atomic E-state index is 12.8. The standard InChI is InChI=1S/C18H19ClN6O2/c1-10-11(2)25-14-15(22(3)18(27)23(4)16(14)26)20-17(25)24(21-10)9-12-6-5-7-13(19)8-12/h5-8,11H,9H2,1-4H3. The second kappa shape index (κ2) is 6.09. The fourth-order valence-corrected chi connectivity index (χ4v) is 3.58. The van der Waals surface area contributed by atoms with Crippen LogP contribution in [0.2, 0.25) is 5.02 Å². The largest absolute Gasteiger partial charge is 0.332 e. The van der Waals surface area contributed by atoms with E-state index in [4.69, 9.17) is 11.6 Å². The molecule has 27 heavy (non-hydrogen) atoms. The van der Waals surface area contributed by atoms with Gasteiger partial charge in [0.25, 0.3) is 5.56 Å². The quantitative estimate of drug-likeness (QED) is 0.675. The molecule has 0 radical (unpaired) electrons. The van der Waals surface area contributed by atoms with Crippen molar-refractivity contribution in [2.45, 2.75) is 26.4 Å². The summed E-state index contributed by atoms with van der Waals surface area (Å²) in [5.41, 5.74) is 1.79. The van der Waals surface area contributed by atoms with Crippen molar-refractivity contribution in [3.05, 3.63) is 55.7 Å². The van der Waals surface area contributed by atoms with Crippen LogP contribution in [0.1, 0.15) is 25.5 Å². The van der Waals surface area contributed by atoms with E-state index >= 15 is 0 Å². The number of aromatic nitrogens is 4. The maximum atomic E-state index is 12.8. The van der Waals surface area contributed by atoms with Crippen LogP contribution in [0, 0.1) is 0 Å². The minimum Gasteiger partial charge on any atom is -0.294 e. The second-order valence-corrected chi connectivity index (χ2v) is 7.20. The molecule has 2 aromatic heterocycles. The molecule has 0 bridgehead atoms. The van der Waals surface area contributed by atoms with Crippen LogP contribution in [0.15, 0.2) is 39.0 Å². The van der Waals surface area contributed by atoms with E-state index in [1.807, 2.05) is 42.7 Å². The third-order valence-electron chi connectivity index (χ3n) is 5.00.